The summed E-state index contributed by atoms with van der Waals surface area (Å²) in [7, 11) is 1.50. The number of aryl methyl sites for hydroxylation is 1. The Morgan fingerprint density at radius 3 is 2.37 bits per heavy atom. The van der Waals surface area contributed by atoms with E-state index in [1.807, 2.05) is 13.0 Å². The lowest BCUT2D eigenvalue weighted by atomic mass is 10.2. The molecule has 0 unspecified atom stereocenters. The fourth-order valence-corrected chi connectivity index (χ4v) is 2.47. The van der Waals surface area contributed by atoms with Crippen molar-refractivity contribution >= 4 is 28.7 Å². The van der Waals surface area contributed by atoms with Crippen molar-refractivity contribution in [2.45, 2.75) is 6.92 Å². The molecule has 0 spiro atoms. The van der Waals surface area contributed by atoms with Gasteiger partial charge in [-0.05, 0) is 36.8 Å². The molecule has 1 aromatic heterocycles. The highest BCUT2D eigenvalue weighted by Crippen LogP contribution is 2.36. The maximum absolute atomic E-state index is 13.9. The maximum Gasteiger partial charge on any atom is 0.353 e. The van der Waals surface area contributed by atoms with Crippen molar-refractivity contribution in [3.05, 3.63) is 70.3 Å². The van der Waals surface area contributed by atoms with Crippen LogP contribution in [0.15, 0.2) is 48.8 Å². The summed E-state index contributed by atoms with van der Waals surface area (Å²) in [5.74, 6) is -0.232. The minimum atomic E-state index is -0.631. The number of nitro groups is 1. The Kier molecular flexibility index (Phi) is 5.11. The number of nitrogens with zero attached hydrogens (tertiary/aromatic N) is 3. The number of anilines is 4. The van der Waals surface area contributed by atoms with Crippen molar-refractivity contribution in [3.63, 3.8) is 0 Å². The number of methoxy groups -OCH3 is 1. The number of nitrogens with one attached hydrogen (secondary N) is 2. The second kappa shape index (κ2) is 7.65. The number of aromatic nitrogens is 2. The number of ether oxygens (including phenoxy) is 1. The van der Waals surface area contributed by atoms with Crippen molar-refractivity contribution < 1.29 is 14.1 Å². The molecule has 0 aliphatic heterocycles. The molecule has 0 aliphatic carbocycles. The van der Waals surface area contributed by atoms with Crippen LogP contribution in [0.25, 0.3) is 0 Å². The molecule has 0 saturated heterocycles. The topological polar surface area (TPSA) is 102 Å². The first kappa shape index (κ1) is 18.1. The van der Waals surface area contributed by atoms with Gasteiger partial charge < -0.3 is 15.4 Å². The van der Waals surface area contributed by atoms with E-state index in [0.29, 0.717) is 11.4 Å². The molecular formula is C18H16FN5O3. The van der Waals surface area contributed by atoms with Gasteiger partial charge in [-0.1, -0.05) is 18.2 Å². The minimum Gasteiger partial charge on any atom is -0.495 e. The molecule has 0 radical (unpaired) electrons. The fraction of sp³-hybridized carbons (Fsp3) is 0.111. The zero-order valence-electron chi connectivity index (χ0n) is 14.6. The van der Waals surface area contributed by atoms with Crippen LogP contribution in [0.5, 0.6) is 5.75 Å². The first-order chi connectivity index (χ1) is 13.0. The van der Waals surface area contributed by atoms with Crippen LogP contribution >= 0.6 is 0 Å². The van der Waals surface area contributed by atoms with Crippen molar-refractivity contribution in [3.8, 4) is 5.75 Å². The molecule has 0 aliphatic rings. The third-order valence-electron chi connectivity index (χ3n) is 3.74. The molecule has 3 aromatic rings. The molecule has 0 bridgehead atoms. The van der Waals surface area contributed by atoms with Gasteiger partial charge in [-0.25, -0.2) is 14.4 Å². The van der Waals surface area contributed by atoms with Crippen molar-refractivity contribution in [2.24, 2.45) is 0 Å². The van der Waals surface area contributed by atoms with Crippen LogP contribution in [0.1, 0.15) is 5.56 Å². The first-order valence-corrected chi connectivity index (χ1v) is 7.92. The molecule has 0 atom stereocenters. The molecule has 0 saturated carbocycles. The molecule has 9 heteroatoms. The lowest BCUT2D eigenvalue weighted by Gasteiger charge is -2.13. The van der Waals surface area contributed by atoms with E-state index in [-0.39, 0.29) is 17.3 Å². The van der Waals surface area contributed by atoms with Gasteiger partial charge in [0.1, 0.15) is 17.9 Å². The van der Waals surface area contributed by atoms with Gasteiger partial charge in [0.2, 0.25) is 11.6 Å². The maximum atomic E-state index is 13.9. The van der Waals surface area contributed by atoms with Gasteiger partial charge in [-0.15, -0.1) is 0 Å². The standard InChI is InChI=1S/C18H16FN5O3/c1-11-7-8-15(27-2)14(9-11)23-18-16(24(25)26)17(20-10-21-18)22-13-6-4-3-5-12(13)19/h3-10H,1-2H3,(H2,20,21,22,23). The lowest BCUT2D eigenvalue weighted by Crippen LogP contribution is -2.06. The van der Waals surface area contributed by atoms with Crippen LogP contribution in [-0.2, 0) is 0 Å². The van der Waals surface area contributed by atoms with Gasteiger partial charge in [0.15, 0.2) is 0 Å². The van der Waals surface area contributed by atoms with Crippen molar-refractivity contribution in [1.82, 2.24) is 9.97 Å². The van der Waals surface area contributed by atoms with Crippen LogP contribution < -0.4 is 15.4 Å². The van der Waals surface area contributed by atoms with Gasteiger partial charge in [-0.3, -0.25) is 10.1 Å². The highest BCUT2D eigenvalue weighted by atomic mass is 19.1. The molecule has 1 heterocycles. The largest absolute Gasteiger partial charge is 0.495 e. The second-order valence-corrected chi connectivity index (χ2v) is 5.61. The molecule has 0 fully saturated rings. The SMILES string of the molecule is COc1ccc(C)cc1Nc1ncnc(Nc2ccccc2F)c1[N+](=O)[O-]. The van der Waals surface area contributed by atoms with Gasteiger partial charge in [0.25, 0.3) is 0 Å². The quantitative estimate of drug-likeness (QED) is 0.492. The summed E-state index contributed by atoms with van der Waals surface area (Å²) in [6.07, 6.45) is 1.15. The zero-order valence-corrected chi connectivity index (χ0v) is 14.6. The Balaban J connectivity index is 2.03. The van der Waals surface area contributed by atoms with Crippen LogP contribution in [0.2, 0.25) is 0 Å². The van der Waals surface area contributed by atoms with E-state index < -0.39 is 16.4 Å². The molecular weight excluding hydrogens is 353 g/mol. The summed E-state index contributed by atoms with van der Waals surface area (Å²) >= 11 is 0. The van der Waals surface area contributed by atoms with Crippen LogP contribution in [0, 0.1) is 22.9 Å². The van der Waals surface area contributed by atoms with Crippen molar-refractivity contribution in [2.75, 3.05) is 17.7 Å². The summed E-state index contributed by atoms with van der Waals surface area (Å²) in [4.78, 5) is 18.9. The number of halogens is 1. The normalized spacial score (nSPS) is 10.3. The van der Waals surface area contributed by atoms with Gasteiger partial charge >= 0.3 is 5.69 Å². The molecule has 138 valence electrons. The third kappa shape index (κ3) is 3.92. The highest BCUT2D eigenvalue weighted by molar-refractivity contribution is 5.78. The fourth-order valence-electron chi connectivity index (χ4n) is 2.47. The highest BCUT2D eigenvalue weighted by Gasteiger charge is 2.24. The predicted molar refractivity (Wildman–Crippen MR) is 99.4 cm³/mol. The predicted octanol–water partition coefficient (Wildman–Crippen LogP) is 4.33. The monoisotopic (exact) mass is 369 g/mol. The van der Waals surface area contributed by atoms with Gasteiger partial charge in [-0.2, -0.15) is 0 Å². The molecule has 0 amide bonds. The molecule has 8 nitrogen and oxygen atoms in total. The van der Waals surface area contributed by atoms with E-state index in [1.165, 1.54) is 25.3 Å². The molecule has 3 rings (SSSR count). The van der Waals surface area contributed by atoms with E-state index in [4.69, 9.17) is 4.74 Å². The van der Waals surface area contributed by atoms with E-state index >= 15 is 0 Å². The average molecular weight is 369 g/mol. The van der Waals surface area contributed by atoms with Gasteiger partial charge in [0, 0.05) is 0 Å². The molecule has 27 heavy (non-hydrogen) atoms. The van der Waals surface area contributed by atoms with E-state index in [1.54, 1.807) is 18.2 Å². The Bertz CT molecular complexity index is 996. The Morgan fingerprint density at radius 2 is 1.74 bits per heavy atom. The summed E-state index contributed by atoms with van der Waals surface area (Å²) in [6.45, 7) is 1.88. The van der Waals surface area contributed by atoms with E-state index in [2.05, 4.69) is 20.6 Å². The average Bonchev–Trinajstić information content (AvgIpc) is 2.64. The second-order valence-electron chi connectivity index (χ2n) is 5.61. The Labute approximate surface area is 154 Å². The summed E-state index contributed by atoms with van der Waals surface area (Å²) in [5.41, 5.74) is 1.10. The van der Waals surface area contributed by atoms with Crippen LogP contribution in [0.4, 0.5) is 33.1 Å². The molecule has 2 aromatic carbocycles. The lowest BCUT2D eigenvalue weighted by molar-refractivity contribution is -0.383. The minimum absolute atomic E-state index is 0.0438. The van der Waals surface area contributed by atoms with Crippen LogP contribution in [0.3, 0.4) is 0 Å². The third-order valence-corrected chi connectivity index (χ3v) is 3.74. The first-order valence-electron chi connectivity index (χ1n) is 7.92. The summed E-state index contributed by atoms with van der Waals surface area (Å²) < 4.78 is 19.2. The Morgan fingerprint density at radius 1 is 1.07 bits per heavy atom. The number of rotatable bonds is 6. The Hall–Kier alpha value is -3.75. The van der Waals surface area contributed by atoms with E-state index in [0.717, 1.165) is 11.9 Å². The van der Waals surface area contributed by atoms with Crippen molar-refractivity contribution in [1.29, 1.82) is 0 Å². The summed E-state index contributed by atoms with van der Waals surface area (Å²) in [6, 6.07) is 11.2. The molecule has 2 N–H and O–H groups in total. The van der Waals surface area contributed by atoms with Crippen LogP contribution in [-0.4, -0.2) is 22.0 Å². The smallest absolute Gasteiger partial charge is 0.353 e. The summed E-state index contributed by atoms with van der Waals surface area (Å²) in [5, 5.41) is 17.2. The number of hydrogen-bond acceptors (Lipinski definition) is 7. The number of para-hydroxylation sites is 1. The number of benzene rings is 2. The zero-order chi connectivity index (χ0) is 19.4. The number of hydrogen-bond donors (Lipinski definition) is 2. The van der Waals surface area contributed by atoms with Gasteiger partial charge in [0.05, 0.1) is 23.4 Å². The van der Waals surface area contributed by atoms with E-state index in [9.17, 15) is 14.5 Å².